The van der Waals surface area contributed by atoms with Crippen LogP contribution >= 0.6 is 11.3 Å². The van der Waals surface area contributed by atoms with Gasteiger partial charge in [-0.05, 0) is 53.8 Å². The third kappa shape index (κ3) is 4.90. The SMILES string of the molecule is NS(=O)(=O)c1ccc(CCNC(=O)c2nc(-c3cccs3)n(-c3cccc(F)c3)n2)cc1. The number of sulfonamides is 1. The second kappa shape index (κ2) is 8.99. The number of amides is 1. The fraction of sp³-hybridized carbons (Fsp3) is 0.0952. The third-order valence-corrected chi connectivity index (χ3v) is 6.35. The van der Waals surface area contributed by atoms with Crippen molar-refractivity contribution in [2.24, 2.45) is 5.14 Å². The number of nitrogens with zero attached hydrogens (tertiary/aromatic N) is 3. The van der Waals surface area contributed by atoms with Gasteiger partial charge in [0.1, 0.15) is 5.82 Å². The highest BCUT2D eigenvalue weighted by Gasteiger charge is 2.19. The molecule has 2 aromatic carbocycles. The number of halogens is 1. The third-order valence-electron chi connectivity index (χ3n) is 4.56. The molecule has 2 heterocycles. The van der Waals surface area contributed by atoms with Crippen LogP contribution in [0.4, 0.5) is 4.39 Å². The molecule has 32 heavy (non-hydrogen) atoms. The highest BCUT2D eigenvalue weighted by molar-refractivity contribution is 7.89. The summed E-state index contributed by atoms with van der Waals surface area (Å²) in [6, 6.07) is 15.7. The number of rotatable bonds is 7. The fourth-order valence-electron chi connectivity index (χ4n) is 3.01. The molecule has 0 atom stereocenters. The van der Waals surface area contributed by atoms with Gasteiger partial charge in [-0.2, -0.15) is 0 Å². The van der Waals surface area contributed by atoms with Crippen LogP contribution in [0.5, 0.6) is 0 Å². The number of nitrogens with two attached hydrogens (primary N) is 1. The van der Waals surface area contributed by atoms with Crippen LogP contribution in [0, 0.1) is 5.82 Å². The summed E-state index contributed by atoms with van der Waals surface area (Å²) < 4.78 is 37.8. The van der Waals surface area contributed by atoms with E-state index in [1.165, 1.54) is 40.3 Å². The van der Waals surface area contributed by atoms with Crippen molar-refractivity contribution in [1.29, 1.82) is 0 Å². The van der Waals surface area contributed by atoms with Gasteiger partial charge in [-0.25, -0.2) is 27.6 Å². The van der Waals surface area contributed by atoms with Crippen molar-refractivity contribution < 1.29 is 17.6 Å². The average Bonchev–Trinajstić information content (AvgIpc) is 3.43. The van der Waals surface area contributed by atoms with Gasteiger partial charge in [0.25, 0.3) is 5.91 Å². The molecule has 0 aliphatic rings. The average molecular weight is 472 g/mol. The highest BCUT2D eigenvalue weighted by Crippen LogP contribution is 2.25. The van der Waals surface area contributed by atoms with Crippen LogP contribution in [0.2, 0.25) is 0 Å². The van der Waals surface area contributed by atoms with Crippen molar-refractivity contribution in [2.45, 2.75) is 11.3 Å². The Bertz CT molecular complexity index is 1350. The molecule has 0 bridgehead atoms. The van der Waals surface area contributed by atoms with E-state index < -0.39 is 21.7 Å². The van der Waals surface area contributed by atoms with Gasteiger partial charge >= 0.3 is 0 Å². The second-order valence-electron chi connectivity index (χ2n) is 6.82. The molecular formula is C21H18FN5O3S2. The maximum Gasteiger partial charge on any atom is 0.291 e. The van der Waals surface area contributed by atoms with Gasteiger partial charge in [0.15, 0.2) is 5.82 Å². The van der Waals surface area contributed by atoms with Gasteiger partial charge in [-0.3, -0.25) is 4.79 Å². The molecule has 8 nitrogen and oxygen atoms in total. The minimum absolute atomic E-state index is 0.0264. The van der Waals surface area contributed by atoms with E-state index in [1.807, 2.05) is 17.5 Å². The highest BCUT2D eigenvalue weighted by atomic mass is 32.2. The van der Waals surface area contributed by atoms with Crippen LogP contribution < -0.4 is 10.5 Å². The Morgan fingerprint density at radius 2 is 1.91 bits per heavy atom. The van der Waals surface area contributed by atoms with E-state index >= 15 is 0 Å². The molecule has 0 saturated carbocycles. The van der Waals surface area contributed by atoms with Crippen LogP contribution in [-0.2, 0) is 16.4 Å². The molecule has 4 aromatic rings. The van der Waals surface area contributed by atoms with Crippen molar-refractivity contribution in [3.8, 4) is 16.4 Å². The van der Waals surface area contributed by atoms with Gasteiger partial charge in [0, 0.05) is 6.54 Å². The number of aromatic nitrogens is 3. The fourth-order valence-corrected chi connectivity index (χ4v) is 4.22. The van der Waals surface area contributed by atoms with E-state index in [2.05, 4.69) is 15.4 Å². The van der Waals surface area contributed by atoms with Crippen LogP contribution in [0.15, 0.2) is 70.9 Å². The maximum absolute atomic E-state index is 13.7. The molecule has 11 heteroatoms. The molecule has 0 spiro atoms. The summed E-state index contributed by atoms with van der Waals surface area (Å²) in [6.07, 6.45) is 0.471. The monoisotopic (exact) mass is 471 g/mol. The van der Waals surface area contributed by atoms with Gasteiger partial charge in [-0.1, -0.05) is 24.3 Å². The van der Waals surface area contributed by atoms with Gasteiger partial charge in [0.2, 0.25) is 15.8 Å². The standard InChI is InChI=1S/C21H18FN5O3S2/c22-15-3-1-4-16(13-15)27-20(18-5-2-12-31-18)25-19(26-27)21(28)24-11-10-14-6-8-17(9-7-14)32(23,29)30/h1-9,12-13H,10-11H2,(H,24,28)(H2,23,29,30). The lowest BCUT2D eigenvalue weighted by molar-refractivity contribution is 0.0944. The first-order valence-corrected chi connectivity index (χ1v) is 11.9. The summed E-state index contributed by atoms with van der Waals surface area (Å²) in [6.45, 7) is 0.288. The first kappa shape index (κ1) is 21.8. The van der Waals surface area contributed by atoms with Crippen molar-refractivity contribution in [3.63, 3.8) is 0 Å². The van der Waals surface area contributed by atoms with E-state index in [-0.39, 0.29) is 17.3 Å². The Morgan fingerprint density at radius 1 is 1.12 bits per heavy atom. The lowest BCUT2D eigenvalue weighted by Gasteiger charge is -2.05. The van der Waals surface area contributed by atoms with Crippen LogP contribution in [0.3, 0.4) is 0 Å². The topological polar surface area (TPSA) is 120 Å². The summed E-state index contributed by atoms with van der Waals surface area (Å²) in [5.41, 5.74) is 1.28. The van der Waals surface area contributed by atoms with E-state index in [4.69, 9.17) is 5.14 Å². The Labute approximate surface area is 187 Å². The molecule has 0 fully saturated rings. The van der Waals surface area contributed by atoms with Crippen molar-refractivity contribution >= 4 is 27.3 Å². The predicted molar refractivity (Wildman–Crippen MR) is 118 cm³/mol. The van der Waals surface area contributed by atoms with Gasteiger partial charge in [-0.15, -0.1) is 16.4 Å². The summed E-state index contributed by atoms with van der Waals surface area (Å²) >= 11 is 1.43. The summed E-state index contributed by atoms with van der Waals surface area (Å²) in [5.74, 6) is -0.495. The molecular weight excluding hydrogens is 453 g/mol. The summed E-state index contributed by atoms with van der Waals surface area (Å²) in [4.78, 5) is 17.8. The molecule has 3 N–H and O–H groups in total. The molecule has 0 aliphatic heterocycles. The molecule has 0 saturated heterocycles. The Balaban J connectivity index is 1.50. The minimum atomic E-state index is -3.75. The first-order chi connectivity index (χ1) is 15.3. The van der Waals surface area contributed by atoms with Crippen LogP contribution in [0.25, 0.3) is 16.4 Å². The first-order valence-electron chi connectivity index (χ1n) is 9.48. The smallest absolute Gasteiger partial charge is 0.291 e. The summed E-state index contributed by atoms with van der Waals surface area (Å²) in [5, 5.41) is 14.0. The van der Waals surface area contributed by atoms with E-state index in [1.54, 1.807) is 24.3 Å². The number of benzene rings is 2. The summed E-state index contributed by atoms with van der Waals surface area (Å²) in [7, 11) is -3.75. The Hall–Kier alpha value is -3.41. The number of carbonyl (C=O) groups is 1. The Morgan fingerprint density at radius 3 is 2.56 bits per heavy atom. The molecule has 2 aromatic heterocycles. The van der Waals surface area contributed by atoms with Crippen molar-refractivity contribution in [1.82, 2.24) is 20.1 Å². The number of thiophene rings is 1. The van der Waals surface area contributed by atoms with E-state index in [0.29, 0.717) is 17.9 Å². The van der Waals surface area contributed by atoms with E-state index in [9.17, 15) is 17.6 Å². The minimum Gasteiger partial charge on any atom is -0.349 e. The molecule has 1 amide bonds. The number of carbonyl (C=O) groups excluding carboxylic acids is 1. The number of hydrogen-bond donors (Lipinski definition) is 2. The quantitative estimate of drug-likeness (QED) is 0.429. The molecule has 0 aliphatic carbocycles. The van der Waals surface area contributed by atoms with Gasteiger partial charge < -0.3 is 5.32 Å². The molecule has 0 radical (unpaired) electrons. The zero-order chi connectivity index (χ0) is 22.7. The lowest BCUT2D eigenvalue weighted by Crippen LogP contribution is -2.27. The zero-order valence-corrected chi connectivity index (χ0v) is 18.2. The maximum atomic E-state index is 13.7. The van der Waals surface area contributed by atoms with E-state index in [0.717, 1.165) is 10.4 Å². The number of primary sulfonamides is 1. The normalized spacial score (nSPS) is 11.4. The zero-order valence-electron chi connectivity index (χ0n) is 16.6. The molecule has 0 unspecified atom stereocenters. The predicted octanol–water partition coefficient (Wildman–Crippen LogP) is 2.75. The molecule has 164 valence electrons. The number of nitrogens with one attached hydrogen (secondary N) is 1. The van der Waals surface area contributed by atoms with Gasteiger partial charge in [0.05, 0.1) is 15.5 Å². The largest absolute Gasteiger partial charge is 0.349 e. The van der Waals surface area contributed by atoms with Crippen LogP contribution in [-0.4, -0.2) is 35.6 Å². The second-order valence-corrected chi connectivity index (χ2v) is 9.33. The van der Waals surface area contributed by atoms with Crippen molar-refractivity contribution in [2.75, 3.05) is 6.54 Å². The molecule has 4 rings (SSSR count). The Kier molecular flexibility index (Phi) is 6.12. The van der Waals surface area contributed by atoms with Crippen LogP contribution in [0.1, 0.15) is 16.2 Å². The lowest BCUT2D eigenvalue weighted by atomic mass is 10.1. The van der Waals surface area contributed by atoms with Crippen molar-refractivity contribution in [3.05, 3.63) is 83.2 Å². The number of hydrogen-bond acceptors (Lipinski definition) is 6.